The van der Waals surface area contributed by atoms with E-state index in [1.54, 1.807) is 31.2 Å². The third kappa shape index (κ3) is 2.13. The zero-order valence-electron chi connectivity index (χ0n) is 9.78. The van der Waals surface area contributed by atoms with Crippen molar-refractivity contribution in [2.75, 3.05) is 6.61 Å². The molecule has 0 N–H and O–H groups in total. The van der Waals surface area contributed by atoms with E-state index in [-0.39, 0.29) is 18.8 Å². The van der Waals surface area contributed by atoms with Crippen LogP contribution < -0.4 is 0 Å². The maximum absolute atomic E-state index is 11.7. The summed E-state index contributed by atoms with van der Waals surface area (Å²) in [6, 6.07) is 8.62. The van der Waals surface area contributed by atoms with Gasteiger partial charge in [0.25, 0.3) is 0 Å². The quantitative estimate of drug-likeness (QED) is 0.634. The SMILES string of the molecule is CC1(COC(=O)c2ccccc2)CC(=O)C1(Cl)Cl. The molecule has 0 spiro atoms. The molecule has 18 heavy (non-hydrogen) atoms. The highest BCUT2D eigenvalue weighted by atomic mass is 35.5. The minimum absolute atomic E-state index is 0.0272. The molecule has 1 aromatic rings. The summed E-state index contributed by atoms with van der Waals surface area (Å²) in [5.74, 6) is -0.676. The van der Waals surface area contributed by atoms with Crippen LogP contribution in [0, 0.1) is 5.41 Å². The molecule has 2 rings (SSSR count). The van der Waals surface area contributed by atoms with Gasteiger partial charge < -0.3 is 4.74 Å². The van der Waals surface area contributed by atoms with E-state index in [0.29, 0.717) is 5.56 Å². The molecule has 3 nitrogen and oxygen atoms in total. The van der Waals surface area contributed by atoms with Crippen LogP contribution in [0.2, 0.25) is 0 Å². The second-order valence-electron chi connectivity index (χ2n) is 4.68. The van der Waals surface area contributed by atoms with Crippen LogP contribution in [-0.2, 0) is 9.53 Å². The van der Waals surface area contributed by atoms with Gasteiger partial charge in [0.2, 0.25) is 0 Å². The minimum atomic E-state index is -1.45. The predicted molar refractivity (Wildman–Crippen MR) is 68.9 cm³/mol. The van der Waals surface area contributed by atoms with Gasteiger partial charge in [-0.05, 0) is 12.1 Å². The third-order valence-electron chi connectivity index (χ3n) is 3.19. The van der Waals surface area contributed by atoms with Crippen LogP contribution in [0.25, 0.3) is 0 Å². The van der Waals surface area contributed by atoms with Gasteiger partial charge in [0.1, 0.15) is 6.61 Å². The number of hydrogen-bond acceptors (Lipinski definition) is 3. The summed E-state index contributed by atoms with van der Waals surface area (Å²) >= 11 is 11.8. The van der Waals surface area contributed by atoms with E-state index < -0.39 is 15.7 Å². The first-order valence-corrected chi connectivity index (χ1v) is 6.26. The molecule has 0 radical (unpaired) electrons. The molecular weight excluding hydrogens is 275 g/mol. The van der Waals surface area contributed by atoms with Crippen molar-refractivity contribution in [2.45, 2.75) is 17.7 Å². The van der Waals surface area contributed by atoms with Crippen molar-refractivity contribution < 1.29 is 14.3 Å². The Labute approximate surface area is 115 Å². The predicted octanol–water partition coefficient (Wildman–Crippen LogP) is 3.00. The molecule has 1 aliphatic carbocycles. The number of ether oxygens (including phenoxy) is 1. The van der Waals surface area contributed by atoms with Gasteiger partial charge in [-0.1, -0.05) is 48.3 Å². The van der Waals surface area contributed by atoms with E-state index in [4.69, 9.17) is 27.9 Å². The summed E-state index contributed by atoms with van der Waals surface area (Å²) in [7, 11) is 0. The maximum atomic E-state index is 11.7. The first kappa shape index (κ1) is 13.4. The topological polar surface area (TPSA) is 43.4 Å². The number of alkyl halides is 2. The molecule has 0 heterocycles. The molecular formula is C13H12Cl2O3. The van der Waals surface area contributed by atoms with E-state index >= 15 is 0 Å². The Balaban J connectivity index is 1.98. The van der Waals surface area contributed by atoms with Crippen LogP contribution in [0.1, 0.15) is 23.7 Å². The standard InChI is InChI=1S/C13H12Cl2O3/c1-12(7-10(16)13(12,14)15)8-18-11(17)9-5-3-2-4-6-9/h2-6H,7-8H2,1H3. The smallest absolute Gasteiger partial charge is 0.338 e. The Hall–Kier alpha value is -1.06. The van der Waals surface area contributed by atoms with E-state index in [2.05, 4.69) is 0 Å². The second-order valence-corrected chi connectivity index (χ2v) is 6.00. The van der Waals surface area contributed by atoms with Crippen LogP contribution in [0.15, 0.2) is 30.3 Å². The maximum Gasteiger partial charge on any atom is 0.338 e. The molecule has 1 aromatic carbocycles. The highest BCUT2D eigenvalue weighted by Gasteiger charge is 2.62. The fourth-order valence-electron chi connectivity index (χ4n) is 1.83. The van der Waals surface area contributed by atoms with Gasteiger partial charge >= 0.3 is 5.97 Å². The molecule has 0 bridgehead atoms. The highest BCUT2D eigenvalue weighted by Crippen LogP contribution is 2.54. The summed E-state index contributed by atoms with van der Waals surface area (Å²) in [4.78, 5) is 23.0. The largest absolute Gasteiger partial charge is 0.461 e. The van der Waals surface area contributed by atoms with Gasteiger partial charge in [0.15, 0.2) is 10.1 Å². The van der Waals surface area contributed by atoms with Gasteiger partial charge in [-0.15, -0.1) is 0 Å². The van der Waals surface area contributed by atoms with Gasteiger partial charge in [-0.2, -0.15) is 0 Å². The van der Waals surface area contributed by atoms with Gasteiger partial charge in [0, 0.05) is 11.8 Å². The van der Waals surface area contributed by atoms with Crippen molar-refractivity contribution in [1.29, 1.82) is 0 Å². The first-order valence-electron chi connectivity index (χ1n) is 5.50. The van der Waals surface area contributed by atoms with E-state index in [9.17, 15) is 9.59 Å². The van der Waals surface area contributed by atoms with Crippen molar-refractivity contribution in [3.8, 4) is 0 Å². The zero-order chi connectivity index (χ0) is 13.4. The number of carbonyl (C=O) groups is 2. The van der Waals surface area contributed by atoms with Crippen molar-refractivity contribution >= 4 is 35.0 Å². The number of hydrogen-bond donors (Lipinski definition) is 0. The number of benzene rings is 1. The third-order valence-corrected chi connectivity index (χ3v) is 4.52. The molecule has 1 fully saturated rings. The molecule has 0 aliphatic heterocycles. The Morgan fingerprint density at radius 1 is 1.33 bits per heavy atom. The molecule has 1 aliphatic rings. The Bertz CT molecular complexity index is 484. The molecule has 1 unspecified atom stereocenters. The fraction of sp³-hybridized carbons (Fsp3) is 0.385. The summed E-state index contributed by atoms with van der Waals surface area (Å²) in [6.45, 7) is 1.76. The van der Waals surface area contributed by atoms with Crippen molar-refractivity contribution in [1.82, 2.24) is 0 Å². The molecule has 0 aromatic heterocycles. The lowest BCUT2D eigenvalue weighted by Crippen LogP contribution is -2.58. The highest BCUT2D eigenvalue weighted by molar-refractivity contribution is 6.61. The zero-order valence-corrected chi connectivity index (χ0v) is 11.3. The molecule has 1 atom stereocenters. The number of rotatable bonds is 3. The molecule has 5 heteroatoms. The van der Waals surface area contributed by atoms with E-state index in [1.807, 2.05) is 6.07 Å². The molecule has 1 saturated carbocycles. The lowest BCUT2D eigenvalue weighted by Gasteiger charge is -2.47. The summed E-state index contributed by atoms with van der Waals surface area (Å²) < 4.78 is 3.70. The Kier molecular flexibility index (Phi) is 3.39. The second kappa shape index (κ2) is 4.56. The monoisotopic (exact) mass is 286 g/mol. The lowest BCUT2D eigenvalue weighted by molar-refractivity contribution is -0.136. The van der Waals surface area contributed by atoms with Gasteiger partial charge in [-0.3, -0.25) is 4.79 Å². The molecule has 0 amide bonds. The molecule has 0 saturated heterocycles. The van der Waals surface area contributed by atoms with Crippen molar-refractivity contribution in [2.24, 2.45) is 5.41 Å². The summed E-state index contributed by atoms with van der Waals surface area (Å²) in [5, 5.41) is 0. The lowest BCUT2D eigenvalue weighted by atomic mass is 9.69. The summed E-state index contributed by atoms with van der Waals surface area (Å²) in [6.07, 6.45) is 0.224. The average Bonchev–Trinajstić information content (AvgIpc) is 2.37. The van der Waals surface area contributed by atoms with Crippen LogP contribution in [0.3, 0.4) is 0 Å². The number of carbonyl (C=O) groups excluding carboxylic acids is 2. The molecule has 96 valence electrons. The first-order chi connectivity index (χ1) is 8.37. The van der Waals surface area contributed by atoms with Gasteiger partial charge in [-0.25, -0.2) is 4.79 Å². The van der Waals surface area contributed by atoms with Crippen LogP contribution >= 0.6 is 23.2 Å². The Morgan fingerprint density at radius 3 is 2.44 bits per heavy atom. The fourth-order valence-corrected chi connectivity index (χ4v) is 2.21. The number of esters is 1. The number of ketones is 1. The number of Topliss-reactive ketones (excluding diaryl/α,β-unsaturated/α-hetero) is 1. The normalized spacial score (nSPS) is 25.4. The van der Waals surface area contributed by atoms with E-state index in [1.165, 1.54) is 0 Å². The van der Waals surface area contributed by atoms with E-state index in [0.717, 1.165) is 0 Å². The average molecular weight is 287 g/mol. The summed E-state index contributed by atoms with van der Waals surface area (Å²) in [5.41, 5.74) is -0.251. The minimum Gasteiger partial charge on any atom is -0.461 e. The Morgan fingerprint density at radius 2 is 1.94 bits per heavy atom. The van der Waals surface area contributed by atoms with Crippen LogP contribution in [-0.4, -0.2) is 22.7 Å². The van der Waals surface area contributed by atoms with Crippen LogP contribution in [0.4, 0.5) is 0 Å². The van der Waals surface area contributed by atoms with Crippen molar-refractivity contribution in [3.63, 3.8) is 0 Å². The van der Waals surface area contributed by atoms with Gasteiger partial charge in [0.05, 0.1) is 5.56 Å². The van der Waals surface area contributed by atoms with Crippen molar-refractivity contribution in [3.05, 3.63) is 35.9 Å². The number of halogens is 2. The van der Waals surface area contributed by atoms with Crippen LogP contribution in [0.5, 0.6) is 0 Å².